The van der Waals surface area contributed by atoms with Gasteiger partial charge in [-0.3, -0.25) is 19.3 Å². The summed E-state index contributed by atoms with van der Waals surface area (Å²) in [6.45, 7) is 4.20. The monoisotopic (exact) mass is 422 g/mol. The number of benzene rings is 2. The summed E-state index contributed by atoms with van der Waals surface area (Å²) in [6, 6.07) is 13.0. The van der Waals surface area contributed by atoms with Crippen molar-refractivity contribution in [3.05, 3.63) is 65.5 Å². The second kappa shape index (κ2) is 6.99. The summed E-state index contributed by atoms with van der Waals surface area (Å²) in [5.41, 5.74) is 1.01. The van der Waals surface area contributed by atoms with Crippen molar-refractivity contribution in [1.82, 2.24) is 4.90 Å². The Hall–Kier alpha value is -3.06. The fourth-order valence-electron chi connectivity index (χ4n) is 5.62. The number of carbonyl (C=O) groups is 3. The minimum atomic E-state index is -1.14. The Bertz CT molecular complexity index is 1090. The Kier molecular flexibility index (Phi) is 4.48. The van der Waals surface area contributed by atoms with Gasteiger partial charge in [0.15, 0.2) is 0 Å². The normalized spacial score (nSPS) is 30.0. The average molecular weight is 422 g/mol. The molecule has 5 rings (SSSR count). The van der Waals surface area contributed by atoms with Crippen molar-refractivity contribution in [2.24, 2.45) is 17.8 Å². The van der Waals surface area contributed by atoms with E-state index in [9.17, 15) is 18.8 Å². The van der Waals surface area contributed by atoms with Gasteiger partial charge in [-0.2, -0.15) is 0 Å². The summed E-state index contributed by atoms with van der Waals surface area (Å²) in [4.78, 5) is 41.8. The lowest BCUT2D eigenvalue weighted by Gasteiger charge is -2.27. The molecule has 2 fully saturated rings. The molecule has 0 aromatic heterocycles. The van der Waals surface area contributed by atoms with E-state index in [1.807, 2.05) is 29.6 Å². The van der Waals surface area contributed by atoms with Crippen molar-refractivity contribution >= 4 is 23.4 Å². The number of likely N-dealkylation sites (tertiary alicyclic amines) is 1. The molecule has 160 valence electrons. The Morgan fingerprint density at radius 3 is 2.52 bits per heavy atom. The first-order valence-electron chi connectivity index (χ1n) is 10.7. The Labute approximate surface area is 179 Å². The van der Waals surface area contributed by atoms with Crippen molar-refractivity contribution in [2.45, 2.75) is 38.4 Å². The van der Waals surface area contributed by atoms with Crippen LogP contribution in [-0.2, 0) is 26.5 Å². The van der Waals surface area contributed by atoms with Crippen molar-refractivity contribution in [3.8, 4) is 0 Å². The number of quaternary nitrogens is 1. The fourth-order valence-corrected chi connectivity index (χ4v) is 5.62. The molecule has 3 amide bonds. The quantitative estimate of drug-likeness (QED) is 0.737. The zero-order valence-electron chi connectivity index (χ0n) is 17.5. The second-order valence-electron chi connectivity index (χ2n) is 8.89. The highest BCUT2D eigenvalue weighted by molar-refractivity contribution is 6.13. The number of rotatable bonds is 4. The summed E-state index contributed by atoms with van der Waals surface area (Å²) < 4.78 is 13.3. The molecule has 0 aliphatic carbocycles. The predicted molar refractivity (Wildman–Crippen MR) is 111 cm³/mol. The van der Waals surface area contributed by atoms with Crippen LogP contribution >= 0.6 is 0 Å². The third-order valence-electron chi connectivity index (χ3n) is 7.35. The standard InChI is InChI=1S/C24H24FN3O3/c1-3-13(2)20-18-19(24(27-20)16-6-4-5-7-17(16)26-23(24)31)22(30)28(21(18)29)12-14-8-10-15(25)11-9-14/h4-11,13,18-20,27H,3,12H2,1-2H3,(H,26,31)/p+1/t13-,18-,19-,20+,24-/m0/s1. The number of nitrogens with one attached hydrogen (secondary N) is 1. The number of anilines is 1. The SMILES string of the molecule is CC[C@H](C)[C@H]1[NH2+][C@]2(C(=O)Nc3ccccc32)[C@@H]2C(=O)N(Cc3ccc(F)cc3)C(=O)[C@H]12. The molecule has 31 heavy (non-hydrogen) atoms. The second-order valence-corrected chi connectivity index (χ2v) is 8.89. The Morgan fingerprint density at radius 1 is 1.10 bits per heavy atom. The number of halogens is 1. The number of amides is 3. The van der Waals surface area contributed by atoms with Gasteiger partial charge in [0.1, 0.15) is 23.7 Å². The van der Waals surface area contributed by atoms with Crippen LogP contribution in [0.4, 0.5) is 10.1 Å². The van der Waals surface area contributed by atoms with Gasteiger partial charge in [0.25, 0.3) is 5.91 Å². The molecule has 3 aliphatic heterocycles. The summed E-state index contributed by atoms with van der Waals surface area (Å²) >= 11 is 0. The van der Waals surface area contributed by atoms with Crippen molar-refractivity contribution in [1.29, 1.82) is 0 Å². The van der Waals surface area contributed by atoms with Crippen LogP contribution in [0.1, 0.15) is 31.4 Å². The highest BCUT2D eigenvalue weighted by Gasteiger charge is 2.74. The van der Waals surface area contributed by atoms with Crippen LogP contribution < -0.4 is 10.6 Å². The van der Waals surface area contributed by atoms with Gasteiger partial charge >= 0.3 is 0 Å². The Morgan fingerprint density at radius 2 is 1.81 bits per heavy atom. The zero-order chi connectivity index (χ0) is 21.9. The van der Waals surface area contributed by atoms with E-state index in [1.54, 1.807) is 12.1 Å². The number of nitrogens with two attached hydrogens (primary N) is 1. The van der Waals surface area contributed by atoms with Crippen LogP contribution in [0.2, 0.25) is 0 Å². The Balaban J connectivity index is 1.60. The van der Waals surface area contributed by atoms with Crippen LogP contribution in [0.25, 0.3) is 0 Å². The van der Waals surface area contributed by atoms with Gasteiger partial charge in [-0.15, -0.1) is 0 Å². The first kappa shape index (κ1) is 19.9. The smallest absolute Gasteiger partial charge is 0.291 e. The molecular weight excluding hydrogens is 397 g/mol. The lowest BCUT2D eigenvalue weighted by molar-refractivity contribution is -0.738. The number of fused-ring (bicyclic) bond motifs is 4. The average Bonchev–Trinajstić information content (AvgIpc) is 3.36. The lowest BCUT2D eigenvalue weighted by Crippen LogP contribution is -2.99. The van der Waals surface area contributed by atoms with Gasteiger partial charge in [-0.25, -0.2) is 4.39 Å². The highest BCUT2D eigenvalue weighted by Crippen LogP contribution is 2.50. The number of nitrogens with zero attached hydrogens (tertiary/aromatic N) is 1. The molecule has 5 atom stereocenters. The molecule has 7 heteroatoms. The van der Waals surface area contributed by atoms with Gasteiger partial charge in [0.05, 0.1) is 12.2 Å². The van der Waals surface area contributed by atoms with Gasteiger partial charge in [-0.1, -0.05) is 44.2 Å². The molecule has 3 aliphatic rings. The van der Waals surface area contributed by atoms with E-state index in [2.05, 4.69) is 19.2 Å². The van der Waals surface area contributed by atoms with E-state index >= 15 is 0 Å². The van der Waals surface area contributed by atoms with E-state index in [-0.39, 0.29) is 42.0 Å². The topological polar surface area (TPSA) is 83.1 Å². The van der Waals surface area contributed by atoms with E-state index < -0.39 is 17.4 Å². The van der Waals surface area contributed by atoms with Crippen LogP contribution in [0.15, 0.2) is 48.5 Å². The molecule has 0 bridgehead atoms. The molecule has 2 saturated heterocycles. The van der Waals surface area contributed by atoms with E-state index in [1.165, 1.54) is 17.0 Å². The van der Waals surface area contributed by atoms with Gasteiger partial charge < -0.3 is 10.6 Å². The maximum atomic E-state index is 13.7. The maximum Gasteiger partial charge on any atom is 0.291 e. The number of carbonyl (C=O) groups excluding carboxylic acids is 3. The summed E-state index contributed by atoms with van der Waals surface area (Å²) in [6.07, 6.45) is 0.836. The van der Waals surface area contributed by atoms with Crippen molar-refractivity contribution < 1.29 is 24.1 Å². The third-order valence-corrected chi connectivity index (χ3v) is 7.35. The molecule has 2 aromatic rings. The number of hydrogen-bond donors (Lipinski definition) is 2. The zero-order valence-corrected chi connectivity index (χ0v) is 17.5. The molecule has 0 unspecified atom stereocenters. The van der Waals surface area contributed by atoms with Crippen LogP contribution in [-0.4, -0.2) is 28.7 Å². The predicted octanol–water partition coefficient (Wildman–Crippen LogP) is 1.77. The summed E-state index contributed by atoms with van der Waals surface area (Å²) in [7, 11) is 0. The summed E-state index contributed by atoms with van der Waals surface area (Å²) in [5.74, 6) is -2.36. The van der Waals surface area contributed by atoms with Crippen molar-refractivity contribution in [2.75, 3.05) is 5.32 Å². The van der Waals surface area contributed by atoms with Crippen LogP contribution in [0.3, 0.4) is 0 Å². The molecular formula is C24H25FN3O3+. The van der Waals surface area contributed by atoms with E-state index in [4.69, 9.17) is 0 Å². The molecule has 0 radical (unpaired) electrons. The minimum Gasteiger partial charge on any atom is -0.326 e. The number of imide groups is 1. The van der Waals surface area contributed by atoms with E-state index in [0.29, 0.717) is 11.3 Å². The minimum absolute atomic E-state index is 0.0809. The summed E-state index contributed by atoms with van der Waals surface area (Å²) in [5, 5.41) is 4.91. The van der Waals surface area contributed by atoms with Crippen LogP contribution in [0, 0.1) is 23.6 Å². The molecule has 3 heterocycles. The first-order chi connectivity index (χ1) is 14.9. The third kappa shape index (κ3) is 2.69. The largest absolute Gasteiger partial charge is 0.326 e. The fraction of sp³-hybridized carbons (Fsp3) is 0.375. The van der Waals surface area contributed by atoms with E-state index in [0.717, 1.165) is 12.0 Å². The molecule has 0 saturated carbocycles. The van der Waals surface area contributed by atoms with Crippen molar-refractivity contribution in [3.63, 3.8) is 0 Å². The molecule has 6 nitrogen and oxygen atoms in total. The highest BCUT2D eigenvalue weighted by atomic mass is 19.1. The van der Waals surface area contributed by atoms with Gasteiger partial charge in [-0.05, 0) is 30.2 Å². The molecule has 2 aromatic carbocycles. The first-order valence-corrected chi connectivity index (χ1v) is 10.7. The maximum absolute atomic E-state index is 13.7. The van der Waals surface area contributed by atoms with Crippen LogP contribution in [0.5, 0.6) is 0 Å². The van der Waals surface area contributed by atoms with Gasteiger partial charge in [0, 0.05) is 11.5 Å². The number of para-hydroxylation sites is 1. The number of hydrogen-bond acceptors (Lipinski definition) is 3. The molecule has 3 N–H and O–H groups in total. The molecule has 1 spiro atoms. The lowest BCUT2D eigenvalue weighted by atomic mass is 9.75. The van der Waals surface area contributed by atoms with Gasteiger partial charge in [0.2, 0.25) is 17.4 Å².